The first-order valence-corrected chi connectivity index (χ1v) is 21.0. The number of rotatable bonds is 15. The third-order valence-electron chi connectivity index (χ3n) is 9.81. The first-order chi connectivity index (χ1) is 24.0. The molecule has 2 N–H and O–H groups in total. The molecule has 9 heteroatoms. The van der Waals surface area contributed by atoms with Crippen molar-refractivity contribution in [2.75, 3.05) is 6.61 Å². The summed E-state index contributed by atoms with van der Waals surface area (Å²) in [6, 6.07) is 24.7. The predicted molar refractivity (Wildman–Crippen MR) is 206 cm³/mol. The van der Waals surface area contributed by atoms with Gasteiger partial charge in [0, 0.05) is 19.4 Å². The van der Waals surface area contributed by atoms with Gasteiger partial charge in [0.05, 0.1) is 24.3 Å². The fourth-order valence-electron chi connectivity index (χ4n) is 6.22. The average Bonchev–Trinajstić information content (AvgIpc) is 3.39. The molecule has 0 saturated heterocycles. The number of ether oxygens (including phenoxy) is 2. The molecule has 0 saturated carbocycles. The van der Waals surface area contributed by atoms with Crippen LogP contribution in [-0.4, -0.2) is 60.8 Å². The van der Waals surface area contributed by atoms with Crippen LogP contribution in [0, 0.1) is 0 Å². The maximum absolute atomic E-state index is 14.6. The number of hydrogen-bond donors (Lipinski definition) is 2. The Morgan fingerprint density at radius 3 is 2.24 bits per heavy atom. The Hall–Kier alpha value is -3.92. The quantitative estimate of drug-likeness (QED) is 0.121. The van der Waals surface area contributed by atoms with Crippen molar-refractivity contribution in [2.24, 2.45) is 0 Å². The smallest absolute Gasteiger partial charge is 0.407 e. The molecule has 4 rings (SSSR count). The molecule has 0 unspecified atom stereocenters. The van der Waals surface area contributed by atoms with Gasteiger partial charge in [-0.25, -0.2) is 4.79 Å². The minimum absolute atomic E-state index is 0.0951. The largest absolute Gasteiger partial charge is 0.490 e. The monoisotopic (exact) mass is 714 g/mol. The molecule has 0 heterocycles. The SMILES string of the molecule is C=CCOc1ccc(CN(C(=O)CC[C@H](O[Si](C)(C)C(C)(C)C)[C@H](Cc2ccccc2)NC(=O)OC(C)(C)C)[C@H]2c3ccccc3C[C@H]2O)cc1. The van der Waals surface area contributed by atoms with E-state index in [2.05, 4.69) is 45.8 Å². The van der Waals surface area contributed by atoms with Crippen LogP contribution in [0.3, 0.4) is 0 Å². The maximum Gasteiger partial charge on any atom is 0.407 e. The van der Waals surface area contributed by atoms with E-state index in [0.717, 1.165) is 28.0 Å². The van der Waals surface area contributed by atoms with Crippen molar-refractivity contribution in [3.8, 4) is 5.75 Å². The highest BCUT2D eigenvalue weighted by Gasteiger charge is 2.42. The summed E-state index contributed by atoms with van der Waals surface area (Å²) < 4.78 is 18.5. The molecule has 0 bridgehead atoms. The Morgan fingerprint density at radius 1 is 0.961 bits per heavy atom. The minimum atomic E-state index is -2.38. The van der Waals surface area contributed by atoms with Crippen molar-refractivity contribution in [3.05, 3.63) is 114 Å². The molecule has 1 aliphatic rings. The third-order valence-corrected chi connectivity index (χ3v) is 14.3. The standard InChI is InChI=1S/C42H58N2O6Si/c1-10-26-48-33-22-20-31(21-23-33)29-44(39-34-19-15-14-18-32(34)28-36(39)45)38(46)25-24-37(50-51(8,9)42(5,6)7)35(27-30-16-12-11-13-17-30)43-40(47)49-41(2,3)4/h10-23,35-37,39,45H,1,24-29H2,2-9H3,(H,43,47)/t35-,36+,37-,39-/m0/s1. The lowest BCUT2D eigenvalue weighted by atomic mass is 9.97. The van der Waals surface area contributed by atoms with Gasteiger partial charge >= 0.3 is 6.09 Å². The molecule has 8 nitrogen and oxygen atoms in total. The second-order valence-corrected chi connectivity index (χ2v) is 20.8. The van der Waals surface area contributed by atoms with Gasteiger partial charge in [-0.15, -0.1) is 0 Å². The summed E-state index contributed by atoms with van der Waals surface area (Å²) in [7, 11) is -2.38. The number of carbonyl (C=O) groups excluding carboxylic acids is 2. The van der Waals surface area contributed by atoms with Crippen molar-refractivity contribution in [2.45, 2.75) is 122 Å². The fraction of sp³-hybridized carbons (Fsp3) is 0.476. The number of aliphatic hydroxyl groups is 1. The molecule has 3 aromatic carbocycles. The summed E-state index contributed by atoms with van der Waals surface area (Å²) in [5.74, 6) is 0.623. The molecule has 0 fully saturated rings. The lowest BCUT2D eigenvalue weighted by molar-refractivity contribution is -0.137. The van der Waals surface area contributed by atoms with Gasteiger partial charge in [0.2, 0.25) is 5.91 Å². The molecule has 1 aliphatic carbocycles. The van der Waals surface area contributed by atoms with Crippen LogP contribution in [0.2, 0.25) is 18.1 Å². The second-order valence-electron chi connectivity index (χ2n) is 16.1. The first kappa shape index (κ1) is 39.9. The van der Waals surface area contributed by atoms with Crippen molar-refractivity contribution in [1.29, 1.82) is 0 Å². The average molecular weight is 715 g/mol. The topological polar surface area (TPSA) is 97.3 Å². The minimum Gasteiger partial charge on any atom is -0.490 e. The van der Waals surface area contributed by atoms with Gasteiger partial charge < -0.3 is 29.2 Å². The second kappa shape index (κ2) is 17.1. The van der Waals surface area contributed by atoms with Crippen molar-refractivity contribution in [1.82, 2.24) is 10.2 Å². The van der Waals surface area contributed by atoms with E-state index in [1.165, 1.54) is 0 Å². The van der Waals surface area contributed by atoms with Gasteiger partial charge in [0.25, 0.3) is 0 Å². The normalized spacial score (nSPS) is 17.2. The van der Waals surface area contributed by atoms with Crippen LogP contribution in [0.5, 0.6) is 5.75 Å². The Balaban J connectivity index is 1.67. The Kier molecular flexibility index (Phi) is 13.3. The van der Waals surface area contributed by atoms with Crippen molar-refractivity contribution >= 4 is 20.3 Å². The number of nitrogens with one attached hydrogen (secondary N) is 1. The number of nitrogens with zero attached hydrogens (tertiary/aromatic N) is 1. The highest BCUT2D eigenvalue weighted by atomic mass is 28.4. The van der Waals surface area contributed by atoms with E-state index in [-0.39, 0.29) is 17.4 Å². The Labute approximate surface area is 306 Å². The van der Waals surface area contributed by atoms with Gasteiger partial charge in [0.15, 0.2) is 8.32 Å². The van der Waals surface area contributed by atoms with Crippen LogP contribution in [0.1, 0.15) is 82.7 Å². The van der Waals surface area contributed by atoms with Crippen LogP contribution >= 0.6 is 0 Å². The highest BCUT2D eigenvalue weighted by molar-refractivity contribution is 6.74. The van der Waals surface area contributed by atoms with E-state index in [1.807, 2.05) is 105 Å². The number of alkyl carbamates (subject to hydrolysis) is 1. The van der Waals surface area contributed by atoms with E-state index in [1.54, 1.807) is 6.08 Å². The first-order valence-electron chi connectivity index (χ1n) is 18.1. The van der Waals surface area contributed by atoms with Crippen LogP contribution in [0.25, 0.3) is 0 Å². The van der Waals surface area contributed by atoms with E-state index in [0.29, 0.717) is 32.4 Å². The van der Waals surface area contributed by atoms with Gasteiger partial charge in [-0.05, 0) is 86.1 Å². The molecule has 0 radical (unpaired) electrons. The molecule has 0 aromatic heterocycles. The molecular weight excluding hydrogens is 657 g/mol. The zero-order chi connectivity index (χ0) is 37.4. The molecule has 0 spiro atoms. The van der Waals surface area contributed by atoms with E-state index in [9.17, 15) is 14.7 Å². The summed E-state index contributed by atoms with van der Waals surface area (Å²) in [5, 5.41) is 14.4. The zero-order valence-electron chi connectivity index (χ0n) is 31.8. The molecule has 2 amide bonds. The summed E-state index contributed by atoms with van der Waals surface area (Å²) in [6.45, 7) is 20.9. The van der Waals surface area contributed by atoms with Crippen molar-refractivity contribution in [3.63, 3.8) is 0 Å². The lowest BCUT2D eigenvalue weighted by Gasteiger charge is -2.42. The lowest BCUT2D eigenvalue weighted by Crippen LogP contribution is -2.53. The molecule has 276 valence electrons. The van der Waals surface area contributed by atoms with Gasteiger partial charge in [-0.1, -0.05) is 100 Å². The van der Waals surface area contributed by atoms with Crippen LogP contribution in [-0.2, 0) is 33.3 Å². The number of carbonyl (C=O) groups is 2. The van der Waals surface area contributed by atoms with Crippen LogP contribution in [0.4, 0.5) is 4.79 Å². The zero-order valence-corrected chi connectivity index (χ0v) is 32.8. The summed E-state index contributed by atoms with van der Waals surface area (Å²) in [4.78, 5) is 29.7. The number of hydrogen-bond acceptors (Lipinski definition) is 6. The highest BCUT2D eigenvalue weighted by Crippen LogP contribution is 2.40. The van der Waals surface area contributed by atoms with Gasteiger partial charge in [0.1, 0.15) is 18.0 Å². The van der Waals surface area contributed by atoms with Gasteiger partial charge in [-0.2, -0.15) is 0 Å². The molecule has 0 aliphatic heterocycles. The predicted octanol–water partition coefficient (Wildman–Crippen LogP) is 8.54. The molecule has 3 aromatic rings. The van der Waals surface area contributed by atoms with E-state index < -0.39 is 44.3 Å². The van der Waals surface area contributed by atoms with Gasteiger partial charge in [-0.3, -0.25) is 4.79 Å². The summed E-state index contributed by atoms with van der Waals surface area (Å²) in [5.41, 5.74) is 3.30. The molecule has 51 heavy (non-hydrogen) atoms. The van der Waals surface area contributed by atoms with E-state index >= 15 is 0 Å². The number of benzene rings is 3. The number of aliphatic hydroxyl groups excluding tert-OH is 1. The summed E-state index contributed by atoms with van der Waals surface area (Å²) >= 11 is 0. The molecule has 4 atom stereocenters. The Bertz CT molecular complexity index is 1600. The van der Waals surface area contributed by atoms with Crippen molar-refractivity contribution < 1.29 is 28.6 Å². The molecular formula is C42H58N2O6Si. The number of fused-ring (bicyclic) bond motifs is 1. The fourth-order valence-corrected chi connectivity index (χ4v) is 7.61. The van der Waals surface area contributed by atoms with Crippen LogP contribution in [0.15, 0.2) is 91.5 Å². The van der Waals surface area contributed by atoms with Crippen LogP contribution < -0.4 is 10.1 Å². The Morgan fingerprint density at radius 2 is 1.61 bits per heavy atom. The third kappa shape index (κ3) is 11.3. The maximum atomic E-state index is 14.6. The number of amides is 2. The van der Waals surface area contributed by atoms with E-state index in [4.69, 9.17) is 13.9 Å². The summed E-state index contributed by atoms with van der Waals surface area (Å²) in [6.07, 6.45) is 1.48.